The number of aliphatic carboxylic acids is 2. The molecule has 54 heteroatoms. The van der Waals surface area contributed by atoms with Gasteiger partial charge in [-0.3, -0.25) is 102 Å². The van der Waals surface area contributed by atoms with Crippen LogP contribution in [0, 0.1) is 34.5 Å². The number of hydrogen-bond acceptors (Lipinski definition) is 29. The van der Waals surface area contributed by atoms with Gasteiger partial charge in [0.2, 0.25) is 106 Å². The monoisotopic (exact) mass is 1960 g/mol. The average Bonchev–Trinajstić information content (AvgIpc) is 1.65. The van der Waals surface area contributed by atoms with Crippen LogP contribution in [0.3, 0.4) is 0 Å². The van der Waals surface area contributed by atoms with Gasteiger partial charge in [0.25, 0.3) is 0 Å². The molecule has 36 N–H and O–H groups in total. The number of guanidine groups is 2. The predicted molar refractivity (Wildman–Crippen MR) is 490 cm³/mol. The lowest BCUT2D eigenvalue weighted by atomic mass is 9.95. The number of hydrogen-bond donors (Lipinski definition) is 33. The number of amides is 18. The van der Waals surface area contributed by atoms with Gasteiger partial charge >= 0.3 is 11.9 Å². The van der Waals surface area contributed by atoms with Gasteiger partial charge in [-0.1, -0.05) is 86.4 Å². The zero-order valence-electron chi connectivity index (χ0n) is 79.0. The third kappa shape index (κ3) is 38.5. The van der Waals surface area contributed by atoms with Gasteiger partial charge in [0.05, 0.1) is 58.1 Å². The number of nitrogens with two attached hydrogens (primary N) is 3. The third-order valence-electron chi connectivity index (χ3n) is 22.4. The molecule has 0 radical (unpaired) electrons. The van der Waals surface area contributed by atoms with Crippen LogP contribution >= 0.6 is 0 Å². The molecule has 0 aliphatic carbocycles. The van der Waals surface area contributed by atoms with Gasteiger partial charge in [-0.25, -0.2) is 4.79 Å². The minimum absolute atomic E-state index is 0.00662. The van der Waals surface area contributed by atoms with Crippen molar-refractivity contribution in [1.82, 2.24) is 111 Å². The standard InChI is InChI=1S/C84H138N26O28/c1-13-39(7)62(77(132)99-50(82(137)138)23-18-26-91-84(88)89)106-69(124)49(22-17-25-90-83(86)87)98-80(135)65(44(12)116)109-78(133)63(40(8)14-2)107-75(130)60(37(3)4)104-58(118)32-94-68(123)52(29-59(119)120)97-57(117)31-93-66(121)41(9)96-79(134)64(43(11)115)108-76(131)61(38(5)6)105-73(128)55(36-114)101-67(122)42(10)95-71(126)53(34-112)103-72(127)54(35-113)102-70(125)51(28-45-30-92-48-21-16-15-20-46(45)48)100-74(129)56-24-19-27-110(56)81(136)47(85)33-111/h15-16,20-21,30,37-44,47,49-56,60-65,92,111-116H,13-14,17-19,22-29,31-36,85H2,1-12H3,(H,93,121)(H,94,123)(H,95,126)(H,96,134)(H,97,117)(H,98,135)(H,99,132)(H,100,129)(H,101,122)(H,102,125)(H,103,127)(H,104,118)(H,105,128)(H,106,124)(H,107,130)(H,108,131)(H,109,133)(H,119,120)(H,137,138)(H4,86,87,90)(H4,88,89,91)/t39-,40-,41-,42-,43+,44+,47-,49-,50-,51-,52-,53-,54-,55-,56-,60-,61-,62-,63+,64-,65-/m0/s1. The Morgan fingerprint density at radius 2 is 0.826 bits per heavy atom. The minimum Gasteiger partial charge on any atom is -0.481 e. The molecule has 0 saturated carbocycles. The normalized spacial score (nSPS) is 16.7. The van der Waals surface area contributed by atoms with Crippen LogP contribution in [0.2, 0.25) is 0 Å². The van der Waals surface area contributed by atoms with E-state index >= 15 is 0 Å². The fraction of sp³-hybridized carbons (Fsp3) is 0.643. The summed E-state index contributed by atoms with van der Waals surface area (Å²) < 4.78 is 0. The van der Waals surface area contributed by atoms with Crippen LogP contribution in [0.25, 0.3) is 10.9 Å². The molecule has 54 nitrogen and oxygen atoms in total. The van der Waals surface area contributed by atoms with E-state index in [1.807, 2.05) is 0 Å². The summed E-state index contributed by atoms with van der Waals surface area (Å²) in [5.74, 6) is -26.2. The number of aromatic amines is 1. The van der Waals surface area contributed by atoms with Crippen LogP contribution in [0.4, 0.5) is 0 Å². The number of aliphatic hydroxyl groups excluding tert-OH is 6. The van der Waals surface area contributed by atoms with E-state index in [1.54, 1.807) is 58.2 Å². The van der Waals surface area contributed by atoms with Gasteiger partial charge in [-0.05, 0) is 102 Å². The lowest BCUT2D eigenvalue weighted by Gasteiger charge is -2.31. The molecule has 0 unspecified atom stereocenters. The molecule has 1 aromatic carbocycles. The van der Waals surface area contributed by atoms with E-state index in [-0.39, 0.29) is 77.0 Å². The van der Waals surface area contributed by atoms with Crippen molar-refractivity contribution >= 4 is 141 Å². The lowest BCUT2D eigenvalue weighted by molar-refractivity contribution is -0.143. The summed E-state index contributed by atoms with van der Waals surface area (Å²) in [5.41, 5.74) is 17.7. The molecule has 1 aromatic heterocycles. The first-order chi connectivity index (χ1) is 64.8. The van der Waals surface area contributed by atoms with E-state index in [0.29, 0.717) is 22.9 Å². The molecular weight excluding hydrogens is 1820 g/mol. The highest BCUT2D eigenvalue weighted by atomic mass is 16.4. The molecular formula is C84H138N26O28. The van der Waals surface area contributed by atoms with Crippen LogP contribution in [-0.2, 0) is 102 Å². The minimum atomic E-state index is -1.95. The van der Waals surface area contributed by atoms with Crippen molar-refractivity contribution in [3.05, 3.63) is 36.0 Å². The summed E-state index contributed by atoms with van der Waals surface area (Å²) in [4.78, 5) is 275. The number of fused-ring (bicyclic) bond motifs is 1. The van der Waals surface area contributed by atoms with Crippen molar-refractivity contribution in [2.24, 2.45) is 40.9 Å². The van der Waals surface area contributed by atoms with E-state index in [2.05, 4.69) is 106 Å². The number of aliphatic hydroxyl groups is 6. The maximum Gasteiger partial charge on any atom is 0.326 e. The number of H-pyrrole nitrogens is 1. The maximum atomic E-state index is 14.3. The average molecular weight is 1960 g/mol. The number of aromatic nitrogens is 1. The zero-order chi connectivity index (χ0) is 104. The molecule has 18 amide bonds. The number of likely N-dealkylation sites (tertiary alicyclic amines) is 1. The smallest absolute Gasteiger partial charge is 0.326 e. The molecule has 3 rings (SSSR count). The molecule has 1 saturated heterocycles. The van der Waals surface area contributed by atoms with Crippen LogP contribution in [0.5, 0.6) is 0 Å². The zero-order valence-corrected chi connectivity index (χ0v) is 79.0. The van der Waals surface area contributed by atoms with Gasteiger partial charge in [-0.2, -0.15) is 0 Å². The second kappa shape index (κ2) is 58.8. The molecule has 2 aromatic rings. The number of benzene rings is 1. The molecule has 138 heavy (non-hydrogen) atoms. The Hall–Kier alpha value is -13.6. The van der Waals surface area contributed by atoms with Crippen molar-refractivity contribution in [1.29, 1.82) is 10.8 Å². The predicted octanol–water partition coefficient (Wildman–Crippen LogP) is -12.2. The number of nitrogens with one attached hydrogen (secondary N) is 22. The Morgan fingerprint density at radius 3 is 1.31 bits per heavy atom. The number of carbonyl (C=O) groups excluding carboxylic acids is 18. The van der Waals surface area contributed by atoms with Gasteiger partial charge < -0.3 is 169 Å². The largest absolute Gasteiger partial charge is 0.481 e. The summed E-state index contributed by atoms with van der Waals surface area (Å²) in [5, 5.41) is 142. The molecule has 21 atom stereocenters. The second-order valence-corrected chi connectivity index (χ2v) is 34.1. The van der Waals surface area contributed by atoms with Gasteiger partial charge in [-0.15, -0.1) is 0 Å². The molecule has 0 spiro atoms. The van der Waals surface area contributed by atoms with Gasteiger partial charge in [0.1, 0.15) is 103 Å². The van der Waals surface area contributed by atoms with E-state index < -0.39 is 309 Å². The quantitative estimate of drug-likeness (QED) is 0.0166. The van der Waals surface area contributed by atoms with Gasteiger partial charge in [0, 0.05) is 43.2 Å². The molecule has 1 aliphatic heterocycles. The summed E-state index contributed by atoms with van der Waals surface area (Å²) in [7, 11) is 0. The Bertz CT molecular complexity index is 4570. The van der Waals surface area contributed by atoms with Crippen LogP contribution < -0.4 is 118 Å². The van der Waals surface area contributed by atoms with Crippen molar-refractivity contribution in [2.75, 3.05) is 59.2 Å². The SMILES string of the molecule is CC[C@H](C)[C@H](NC(=O)[C@H](CCCNC(=N)N)NC(=O)[C@@H](NC(=O)[C@H](NC(=O)[C@@H](NC(=O)CNC(=O)[C@H](CC(=O)O)NC(=O)CNC(=O)[C@H](C)NC(=O)[C@@H](NC(=O)[C@@H](NC(=O)[C@H](CO)NC(=O)[C@H](C)NC(=O)[C@H](CO)NC(=O)[C@H](CO)NC(=O)[C@H](Cc1c[nH]c2ccccc12)NC(=O)[C@@H]1CCCN1C(=O)[C@@H](N)CO)C(C)C)[C@@H](C)O)C(C)C)[C@@H](C)CC)[C@@H](C)O)C(=O)N[C@@H](CCCNC(=N)N)C(=O)O. The van der Waals surface area contributed by atoms with Crippen LogP contribution in [0.1, 0.15) is 146 Å². The van der Waals surface area contributed by atoms with E-state index in [4.69, 9.17) is 28.0 Å². The Kier molecular flexibility index (Phi) is 50.5. The number of carboxylic acid groups (broad SMARTS) is 2. The van der Waals surface area contributed by atoms with Crippen molar-refractivity contribution < 1.29 is 137 Å². The number of nitrogens with zero attached hydrogens (tertiary/aromatic N) is 1. The summed E-state index contributed by atoms with van der Waals surface area (Å²) in [6.45, 7) is 10.9. The highest BCUT2D eigenvalue weighted by Crippen LogP contribution is 2.23. The van der Waals surface area contributed by atoms with E-state index in [9.17, 15) is 137 Å². The first-order valence-electron chi connectivity index (χ1n) is 44.9. The number of carboxylic acids is 2. The summed E-state index contributed by atoms with van der Waals surface area (Å²) in [6.07, 6.45) is -2.23. The molecule has 2 heterocycles. The number of para-hydroxylation sites is 1. The topological polar surface area (TPSA) is 877 Å². The van der Waals surface area contributed by atoms with Crippen molar-refractivity contribution in [3.8, 4) is 0 Å². The summed E-state index contributed by atoms with van der Waals surface area (Å²) in [6, 6.07) is -20.5. The Balaban J connectivity index is 1.64. The summed E-state index contributed by atoms with van der Waals surface area (Å²) >= 11 is 0. The first-order valence-corrected chi connectivity index (χ1v) is 44.9. The lowest BCUT2D eigenvalue weighted by Crippen LogP contribution is -2.63. The Morgan fingerprint density at radius 1 is 0.435 bits per heavy atom. The van der Waals surface area contributed by atoms with Crippen molar-refractivity contribution in [3.63, 3.8) is 0 Å². The molecule has 0 bridgehead atoms. The Labute approximate surface area is 794 Å². The highest BCUT2D eigenvalue weighted by Gasteiger charge is 2.43. The highest BCUT2D eigenvalue weighted by molar-refractivity contribution is 6.02. The second-order valence-electron chi connectivity index (χ2n) is 34.1. The van der Waals surface area contributed by atoms with Crippen LogP contribution in [-0.4, -0.2) is 355 Å². The molecule has 772 valence electrons. The van der Waals surface area contributed by atoms with E-state index in [1.165, 1.54) is 32.6 Å². The fourth-order valence-electron chi connectivity index (χ4n) is 13.9. The van der Waals surface area contributed by atoms with Crippen LogP contribution in [0.15, 0.2) is 30.5 Å². The maximum absolute atomic E-state index is 14.3. The first kappa shape index (κ1) is 119. The third-order valence-corrected chi connectivity index (χ3v) is 22.4. The fourth-order valence-corrected chi connectivity index (χ4v) is 13.9. The number of carbonyl (C=O) groups is 20. The van der Waals surface area contributed by atoms with Crippen molar-refractivity contribution in [2.45, 2.75) is 262 Å². The van der Waals surface area contributed by atoms with Gasteiger partial charge in [0.15, 0.2) is 11.9 Å². The van der Waals surface area contributed by atoms with E-state index in [0.717, 1.165) is 27.7 Å². The number of rotatable bonds is 60. The molecule has 1 aliphatic rings. The molecule has 1 fully saturated rings.